The minimum Gasteiger partial charge on any atom is -0.497 e. The van der Waals surface area contributed by atoms with Gasteiger partial charge in [-0.3, -0.25) is 9.59 Å². The van der Waals surface area contributed by atoms with Crippen molar-refractivity contribution in [1.82, 2.24) is 4.90 Å². The van der Waals surface area contributed by atoms with Gasteiger partial charge in [-0.05, 0) is 71.9 Å². The van der Waals surface area contributed by atoms with Crippen molar-refractivity contribution in [2.75, 3.05) is 48.1 Å². The second-order valence-corrected chi connectivity index (χ2v) is 17.4. The van der Waals surface area contributed by atoms with Gasteiger partial charge in [0.15, 0.2) is 18.4 Å². The number of esters is 1. The van der Waals surface area contributed by atoms with Crippen LogP contribution in [0.25, 0.3) is 0 Å². The number of allylic oxidation sites excluding steroid dienone is 3. The lowest BCUT2D eigenvalue weighted by Crippen LogP contribution is -2.56. The molecule has 0 aromatic heterocycles. The predicted octanol–water partition coefficient (Wildman–Crippen LogP) is 6.92. The van der Waals surface area contributed by atoms with Gasteiger partial charge >= 0.3 is 5.97 Å². The van der Waals surface area contributed by atoms with Crippen LogP contribution in [0.3, 0.4) is 0 Å². The molecule has 4 heterocycles. The Hall–Kier alpha value is -2.42. The molecule has 58 heavy (non-hydrogen) atoms. The molecule has 2 fully saturated rings. The van der Waals surface area contributed by atoms with E-state index in [1.165, 1.54) is 0 Å². The van der Waals surface area contributed by atoms with Crippen molar-refractivity contribution in [3.05, 3.63) is 48.3 Å². The summed E-state index contributed by atoms with van der Waals surface area (Å²) in [7, 11) is 7.50. The number of methoxy groups -OCH3 is 2. The summed E-state index contributed by atoms with van der Waals surface area (Å²) in [4.78, 5) is 30.3. The molecule has 2 saturated heterocycles. The van der Waals surface area contributed by atoms with E-state index in [2.05, 4.69) is 53.6 Å². The first-order valence-electron chi connectivity index (χ1n) is 21.6. The minimum atomic E-state index is -0.695. The first-order valence-corrected chi connectivity index (χ1v) is 21.6. The van der Waals surface area contributed by atoms with Crippen molar-refractivity contribution < 1.29 is 52.2 Å². The van der Waals surface area contributed by atoms with Gasteiger partial charge in [0.05, 0.1) is 56.4 Å². The average Bonchev–Trinajstić information content (AvgIpc) is 3.18. The number of carbonyl (C=O) groups is 2. The summed E-state index contributed by atoms with van der Waals surface area (Å²) >= 11 is 0. The van der Waals surface area contributed by atoms with Crippen LogP contribution in [-0.4, -0.2) is 126 Å². The van der Waals surface area contributed by atoms with E-state index in [0.29, 0.717) is 19.4 Å². The van der Waals surface area contributed by atoms with E-state index in [-0.39, 0.29) is 97.2 Å². The molecule has 0 radical (unpaired) electrons. The fraction of sp³-hybridized carbons (Fsp3) is 0.783. The van der Waals surface area contributed by atoms with Gasteiger partial charge in [-0.25, -0.2) is 0 Å². The van der Waals surface area contributed by atoms with Crippen LogP contribution in [0.4, 0.5) is 0 Å². The van der Waals surface area contributed by atoms with E-state index in [9.17, 15) is 9.59 Å². The van der Waals surface area contributed by atoms with E-state index in [4.69, 9.17) is 42.6 Å². The van der Waals surface area contributed by atoms with Crippen molar-refractivity contribution in [3.63, 3.8) is 0 Å². The Morgan fingerprint density at radius 3 is 2.16 bits per heavy atom. The fourth-order valence-corrected chi connectivity index (χ4v) is 9.24. The molecule has 12 nitrogen and oxygen atoms in total. The normalized spacial score (nSPS) is 43.9. The molecule has 4 rings (SSSR count). The highest BCUT2D eigenvalue weighted by atomic mass is 16.7. The summed E-state index contributed by atoms with van der Waals surface area (Å²) in [5.41, 5.74) is 0.845. The largest absolute Gasteiger partial charge is 0.497 e. The van der Waals surface area contributed by atoms with Gasteiger partial charge in [-0.1, -0.05) is 65.3 Å². The molecule has 1 unspecified atom stereocenters. The molecule has 0 aliphatic carbocycles. The van der Waals surface area contributed by atoms with Gasteiger partial charge in [0.2, 0.25) is 0 Å². The maximum absolute atomic E-state index is 14.2. The van der Waals surface area contributed by atoms with Crippen LogP contribution in [-0.2, 0) is 52.2 Å². The highest BCUT2D eigenvalue weighted by Crippen LogP contribution is 2.38. The lowest BCUT2D eigenvalue weighted by atomic mass is 9.80. The summed E-state index contributed by atoms with van der Waals surface area (Å²) < 4.78 is 56.9. The van der Waals surface area contributed by atoms with Crippen LogP contribution in [0.2, 0.25) is 0 Å². The molecule has 0 aromatic rings. The number of hydrogen-bond acceptors (Lipinski definition) is 12. The molecule has 0 N–H and O–H groups in total. The van der Waals surface area contributed by atoms with E-state index >= 15 is 0 Å². The number of fused-ring (bicyclic) bond motifs is 3. The molecule has 0 spiro atoms. The van der Waals surface area contributed by atoms with Crippen LogP contribution in [0.1, 0.15) is 81.6 Å². The molecule has 2 bridgehead atoms. The lowest BCUT2D eigenvalue weighted by Gasteiger charge is -2.48. The van der Waals surface area contributed by atoms with Gasteiger partial charge in [0, 0.05) is 55.8 Å². The standard InChI is InChI=1S/C46H75NO11/c1-14-38-36(26-54-46-44(51-13)43(50-12)30(5)34(9)56-46)23-27(2)17-18-37(48)28(3)24-35-19-22-52-20-15-16-21-53-39(25-40(49)57-38)31(6)42(35)58-45-32(7)41(47(10)11)29(4)33(8)55-45/h15-19,22-23,28-36,38-39,41-46H,14,20-21,24-26H2,1-13H3/b16-15+,18-17+,22-19-,27-23+/t28-,29-,30-,31+,32-,33-,34-,35?,36-,38-,39-,41+,42-,43-,44-,45+,46-/m1/s1. The van der Waals surface area contributed by atoms with E-state index in [1.54, 1.807) is 26.6 Å². The van der Waals surface area contributed by atoms with Crippen LogP contribution in [0.15, 0.2) is 48.3 Å². The molecular formula is C46H75NO11. The first kappa shape index (κ1) is 48.2. The van der Waals surface area contributed by atoms with Gasteiger partial charge in [0.1, 0.15) is 18.8 Å². The fourth-order valence-electron chi connectivity index (χ4n) is 9.24. The third-order valence-corrected chi connectivity index (χ3v) is 13.0. The van der Waals surface area contributed by atoms with Crippen LogP contribution in [0, 0.1) is 41.4 Å². The molecule has 17 atom stereocenters. The Balaban J connectivity index is 1.72. The third-order valence-electron chi connectivity index (χ3n) is 13.0. The van der Waals surface area contributed by atoms with Crippen molar-refractivity contribution in [2.45, 2.75) is 143 Å². The zero-order valence-corrected chi connectivity index (χ0v) is 37.5. The summed E-state index contributed by atoms with van der Waals surface area (Å²) in [6.45, 7) is 19.3. The third kappa shape index (κ3) is 12.6. The maximum atomic E-state index is 14.2. The quantitative estimate of drug-likeness (QED) is 0.178. The van der Waals surface area contributed by atoms with Crippen LogP contribution >= 0.6 is 0 Å². The van der Waals surface area contributed by atoms with Gasteiger partial charge in [-0.15, -0.1) is 0 Å². The molecule has 330 valence electrons. The Morgan fingerprint density at radius 1 is 0.810 bits per heavy atom. The van der Waals surface area contributed by atoms with Gasteiger partial charge in [-0.2, -0.15) is 0 Å². The topological polar surface area (TPSA) is 120 Å². The van der Waals surface area contributed by atoms with Crippen molar-refractivity contribution in [3.8, 4) is 0 Å². The van der Waals surface area contributed by atoms with Gasteiger partial charge in [0.25, 0.3) is 0 Å². The van der Waals surface area contributed by atoms with Crippen LogP contribution < -0.4 is 0 Å². The molecule has 4 aliphatic rings. The number of ketones is 1. The SMILES string of the molecule is CC[C@H]1OC(=O)C[C@H]2OC/C=C/CO/C=C\C(C[C@@H](C)C(=O)/C=C/C(C)=C/[C@@H]1CO[C@@H]1O[C@H](C)[C@@H](C)[C@@H](OC)[C@H]1OC)[C@H](O[C@@H]1O[C@H](C)[C@@H](C)[C@H](N(C)C)[C@H]1C)[C@H]2C. The highest BCUT2D eigenvalue weighted by Gasteiger charge is 2.46. The van der Waals surface area contributed by atoms with E-state index in [1.807, 2.05) is 58.1 Å². The number of carbonyl (C=O) groups excluding carboxylic acids is 2. The summed E-state index contributed by atoms with van der Waals surface area (Å²) in [5.74, 6) is -1.27. The smallest absolute Gasteiger partial charge is 0.308 e. The van der Waals surface area contributed by atoms with Crippen molar-refractivity contribution in [1.29, 1.82) is 0 Å². The zero-order chi connectivity index (χ0) is 42.7. The second kappa shape index (κ2) is 23.0. The summed E-state index contributed by atoms with van der Waals surface area (Å²) in [6.07, 6.45) is 10.3. The molecule has 4 aliphatic heterocycles. The lowest BCUT2D eigenvalue weighted by molar-refractivity contribution is -0.292. The van der Waals surface area contributed by atoms with E-state index < -0.39 is 37.0 Å². The number of ether oxygens (including phenoxy) is 9. The van der Waals surface area contributed by atoms with Crippen molar-refractivity contribution in [2.24, 2.45) is 41.4 Å². The van der Waals surface area contributed by atoms with E-state index in [0.717, 1.165) is 5.57 Å². The number of rotatable bonds is 9. The Morgan fingerprint density at radius 2 is 1.48 bits per heavy atom. The second-order valence-electron chi connectivity index (χ2n) is 17.4. The molecule has 0 amide bonds. The summed E-state index contributed by atoms with van der Waals surface area (Å²) in [5, 5.41) is 0. The van der Waals surface area contributed by atoms with Crippen molar-refractivity contribution >= 4 is 11.8 Å². The Bertz CT molecular complexity index is 1410. The zero-order valence-electron chi connectivity index (χ0n) is 37.5. The maximum Gasteiger partial charge on any atom is 0.308 e. The molecular weight excluding hydrogens is 743 g/mol. The average molecular weight is 818 g/mol. The van der Waals surface area contributed by atoms with Crippen LogP contribution in [0.5, 0.6) is 0 Å². The number of hydrogen-bond donors (Lipinski definition) is 0. The monoisotopic (exact) mass is 818 g/mol. The minimum absolute atomic E-state index is 0.000204. The Labute approximate surface area is 348 Å². The highest BCUT2D eigenvalue weighted by molar-refractivity contribution is 5.91. The predicted molar refractivity (Wildman–Crippen MR) is 223 cm³/mol. The molecule has 12 heteroatoms. The number of nitrogens with zero attached hydrogens (tertiary/aromatic N) is 1. The Kier molecular flexibility index (Phi) is 19.1. The molecule has 0 saturated carbocycles. The summed E-state index contributed by atoms with van der Waals surface area (Å²) in [6, 6.07) is 0.216. The molecule has 0 aromatic carbocycles. The van der Waals surface area contributed by atoms with Gasteiger partial charge < -0.3 is 47.5 Å². The first-order chi connectivity index (χ1) is 27.6. The number of cyclic esters (lactones) is 1.